The van der Waals surface area contributed by atoms with Crippen LogP contribution in [0.2, 0.25) is 0 Å². The Morgan fingerprint density at radius 1 is 1.00 bits per heavy atom. The molecule has 2 aromatic carbocycles. The summed E-state index contributed by atoms with van der Waals surface area (Å²) in [6.07, 6.45) is 1.87. The molecule has 0 unspecified atom stereocenters. The maximum absolute atomic E-state index is 12.5. The fraction of sp³-hybridized carbons (Fsp3) is 0.158. The SMILES string of the molecule is O=C(Nc1cc(NC(=O)c2ccccc2)c2c(c1)C(=O)C(=O)N2)NC1CC1. The molecule has 1 aliphatic carbocycles. The first kappa shape index (κ1) is 16.8. The number of hydrogen-bond acceptors (Lipinski definition) is 4. The summed E-state index contributed by atoms with van der Waals surface area (Å²) in [7, 11) is 0. The number of anilines is 3. The number of urea groups is 1. The summed E-state index contributed by atoms with van der Waals surface area (Å²) >= 11 is 0. The van der Waals surface area contributed by atoms with E-state index in [4.69, 9.17) is 0 Å². The van der Waals surface area contributed by atoms with Gasteiger partial charge in [0.15, 0.2) is 0 Å². The molecule has 1 saturated carbocycles. The molecule has 1 aliphatic heterocycles. The highest BCUT2D eigenvalue weighted by atomic mass is 16.2. The molecule has 8 heteroatoms. The van der Waals surface area contributed by atoms with Gasteiger partial charge in [-0.3, -0.25) is 14.4 Å². The summed E-state index contributed by atoms with van der Waals surface area (Å²) in [4.78, 5) is 48.3. The molecule has 2 aliphatic rings. The molecule has 8 nitrogen and oxygen atoms in total. The largest absolute Gasteiger partial charge is 0.335 e. The van der Waals surface area contributed by atoms with Crippen LogP contribution in [0.5, 0.6) is 0 Å². The quantitative estimate of drug-likeness (QED) is 0.623. The molecule has 4 N–H and O–H groups in total. The van der Waals surface area contributed by atoms with Crippen molar-refractivity contribution in [2.45, 2.75) is 18.9 Å². The second-order valence-corrected chi connectivity index (χ2v) is 6.42. The van der Waals surface area contributed by atoms with Gasteiger partial charge in [0.25, 0.3) is 17.6 Å². The van der Waals surface area contributed by atoms with Gasteiger partial charge >= 0.3 is 6.03 Å². The Morgan fingerprint density at radius 3 is 2.44 bits per heavy atom. The lowest BCUT2D eigenvalue weighted by atomic mass is 10.1. The summed E-state index contributed by atoms with van der Waals surface area (Å²) in [6, 6.07) is 11.2. The maximum atomic E-state index is 12.5. The zero-order valence-electron chi connectivity index (χ0n) is 14.2. The number of Topliss-reactive ketones (excluding diaryl/α,β-unsaturated/α-hetero) is 1. The third-order valence-corrected chi connectivity index (χ3v) is 4.28. The van der Waals surface area contributed by atoms with Gasteiger partial charge in [-0.2, -0.15) is 0 Å². The minimum atomic E-state index is -0.778. The van der Waals surface area contributed by atoms with Crippen LogP contribution in [0.1, 0.15) is 33.6 Å². The second-order valence-electron chi connectivity index (χ2n) is 6.42. The third-order valence-electron chi connectivity index (χ3n) is 4.28. The minimum Gasteiger partial charge on any atom is -0.335 e. The Hall–Kier alpha value is -3.68. The van der Waals surface area contributed by atoms with Gasteiger partial charge in [0.05, 0.1) is 16.9 Å². The van der Waals surface area contributed by atoms with Gasteiger partial charge in [-0.05, 0) is 37.1 Å². The van der Waals surface area contributed by atoms with E-state index in [1.165, 1.54) is 12.1 Å². The van der Waals surface area contributed by atoms with Gasteiger partial charge in [0.2, 0.25) is 0 Å². The first-order chi connectivity index (χ1) is 13.0. The van der Waals surface area contributed by atoms with Crippen LogP contribution in [0, 0.1) is 0 Å². The van der Waals surface area contributed by atoms with Crippen LogP contribution in [0.3, 0.4) is 0 Å². The monoisotopic (exact) mass is 364 g/mol. The van der Waals surface area contributed by atoms with E-state index in [1.807, 2.05) is 0 Å². The highest BCUT2D eigenvalue weighted by Gasteiger charge is 2.32. The topological polar surface area (TPSA) is 116 Å². The molecule has 0 aromatic heterocycles. The van der Waals surface area contributed by atoms with E-state index in [2.05, 4.69) is 21.3 Å². The van der Waals surface area contributed by atoms with Crippen LogP contribution < -0.4 is 21.3 Å². The lowest BCUT2D eigenvalue weighted by molar-refractivity contribution is -0.112. The zero-order valence-corrected chi connectivity index (χ0v) is 14.2. The summed E-state index contributed by atoms with van der Waals surface area (Å²) in [5, 5.41) is 10.6. The number of benzene rings is 2. The molecule has 27 heavy (non-hydrogen) atoms. The van der Waals surface area contributed by atoms with Gasteiger partial charge < -0.3 is 21.3 Å². The molecule has 1 heterocycles. The van der Waals surface area contributed by atoms with Crippen molar-refractivity contribution in [2.24, 2.45) is 0 Å². The van der Waals surface area contributed by atoms with Gasteiger partial charge in [0.1, 0.15) is 0 Å². The van der Waals surface area contributed by atoms with E-state index < -0.39 is 23.6 Å². The molecule has 4 rings (SSSR count). The van der Waals surface area contributed by atoms with Gasteiger partial charge in [-0.25, -0.2) is 4.79 Å². The van der Waals surface area contributed by atoms with Crippen LogP contribution in [0.15, 0.2) is 42.5 Å². The van der Waals surface area contributed by atoms with Crippen molar-refractivity contribution >= 4 is 40.7 Å². The van der Waals surface area contributed by atoms with Crippen LogP contribution in [0.25, 0.3) is 0 Å². The number of hydrogen-bond donors (Lipinski definition) is 4. The molecule has 0 bridgehead atoms. The van der Waals surface area contributed by atoms with E-state index in [9.17, 15) is 19.2 Å². The molecule has 0 radical (unpaired) electrons. The van der Waals surface area contributed by atoms with Crippen molar-refractivity contribution in [2.75, 3.05) is 16.0 Å². The first-order valence-corrected chi connectivity index (χ1v) is 8.49. The number of carbonyl (C=O) groups is 4. The molecule has 136 valence electrons. The van der Waals surface area contributed by atoms with Crippen LogP contribution in [-0.4, -0.2) is 29.7 Å². The van der Waals surface area contributed by atoms with Gasteiger partial charge in [-0.15, -0.1) is 0 Å². The summed E-state index contributed by atoms with van der Waals surface area (Å²) in [5.74, 6) is -1.89. The van der Waals surface area contributed by atoms with Gasteiger partial charge in [-0.1, -0.05) is 18.2 Å². The predicted octanol–water partition coefficient (Wildman–Crippen LogP) is 2.36. The van der Waals surface area contributed by atoms with Gasteiger partial charge in [0, 0.05) is 17.3 Å². The Kier molecular flexibility index (Phi) is 4.08. The van der Waals surface area contributed by atoms with Crippen molar-refractivity contribution in [3.8, 4) is 0 Å². The Morgan fingerprint density at radius 2 is 1.74 bits per heavy atom. The van der Waals surface area contributed by atoms with E-state index in [-0.39, 0.29) is 23.0 Å². The number of nitrogens with one attached hydrogen (secondary N) is 4. The van der Waals surface area contributed by atoms with Crippen molar-refractivity contribution in [3.63, 3.8) is 0 Å². The predicted molar refractivity (Wildman–Crippen MR) is 99.0 cm³/mol. The van der Waals surface area contributed by atoms with Crippen molar-refractivity contribution in [1.29, 1.82) is 0 Å². The summed E-state index contributed by atoms with van der Waals surface area (Å²) in [6.45, 7) is 0. The van der Waals surface area contributed by atoms with Crippen molar-refractivity contribution in [1.82, 2.24) is 5.32 Å². The lowest BCUT2D eigenvalue weighted by Crippen LogP contribution is -2.30. The van der Waals surface area contributed by atoms with E-state index in [1.54, 1.807) is 30.3 Å². The average molecular weight is 364 g/mol. The number of rotatable bonds is 4. The van der Waals surface area contributed by atoms with E-state index in [0.29, 0.717) is 11.3 Å². The lowest BCUT2D eigenvalue weighted by Gasteiger charge is -2.13. The Bertz CT molecular complexity index is 967. The van der Waals surface area contributed by atoms with Crippen LogP contribution in [-0.2, 0) is 4.79 Å². The molecular formula is C19H16N4O4. The molecule has 0 spiro atoms. The highest BCUT2D eigenvalue weighted by molar-refractivity contribution is 6.52. The standard InChI is InChI=1S/C19H16N4O4/c24-16-13-8-12(21-19(27)20-11-6-7-11)9-14(15(13)23-18(16)26)22-17(25)10-4-2-1-3-5-10/h1-5,8-9,11H,6-7H2,(H,22,25)(H2,20,21,27)(H,23,24,26). The van der Waals surface area contributed by atoms with Crippen LogP contribution in [0.4, 0.5) is 21.9 Å². The number of fused-ring (bicyclic) bond motifs is 1. The molecule has 0 atom stereocenters. The molecule has 0 saturated heterocycles. The van der Waals surface area contributed by atoms with E-state index >= 15 is 0 Å². The molecular weight excluding hydrogens is 348 g/mol. The summed E-state index contributed by atoms with van der Waals surface area (Å²) in [5.41, 5.74) is 1.30. The Balaban J connectivity index is 1.63. The Labute approximate surface area is 154 Å². The normalized spacial score (nSPS) is 15.0. The second kappa shape index (κ2) is 6.56. The molecule has 2 aromatic rings. The van der Waals surface area contributed by atoms with Crippen molar-refractivity contribution in [3.05, 3.63) is 53.6 Å². The van der Waals surface area contributed by atoms with Crippen molar-refractivity contribution < 1.29 is 19.2 Å². The number of ketones is 1. The fourth-order valence-electron chi connectivity index (χ4n) is 2.78. The first-order valence-electron chi connectivity index (χ1n) is 8.49. The maximum Gasteiger partial charge on any atom is 0.319 e. The minimum absolute atomic E-state index is 0.104. The zero-order chi connectivity index (χ0) is 19.0. The third kappa shape index (κ3) is 3.50. The molecule has 4 amide bonds. The summed E-state index contributed by atoms with van der Waals surface area (Å²) < 4.78 is 0. The van der Waals surface area contributed by atoms with Crippen LogP contribution >= 0.6 is 0 Å². The number of amides is 4. The van der Waals surface area contributed by atoms with E-state index in [0.717, 1.165) is 12.8 Å². The smallest absolute Gasteiger partial charge is 0.319 e. The number of carbonyl (C=O) groups excluding carboxylic acids is 4. The average Bonchev–Trinajstić information content (AvgIpc) is 3.42. The highest BCUT2D eigenvalue weighted by Crippen LogP contribution is 2.35. The molecule has 1 fully saturated rings. The fourth-order valence-corrected chi connectivity index (χ4v) is 2.78.